The number of amides is 2. The Balaban J connectivity index is 2.83. The fourth-order valence-corrected chi connectivity index (χ4v) is 2.03. The Morgan fingerprint density at radius 1 is 1.24 bits per heavy atom. The van der Waals surface area contributed by atoms with E-state index < -0.39 is 12.0 Å². The normalized spacial score (nSPS) is 11.5. The highest BCUT2D eigenvalue weighted by Gasteiger charge is 2.21. The molecule has 6 heteroatoms. The van der Waals surface area contributed by atoms with E-state index in [-0.39, 0.29) is 24.8 Å². The summed E-state index contributed by atoms with van der Waals surface area (Å²) in [4.78, 5) is 35.5. The van der Waals surface area contributed by atoms with Crippen molar-refractivity contribution >= 4 is 17.8 Å². The molecule has 0 saturated heterocycles. The van der Waals surface area contributed by atoms with Crippen LogP contribution in [-0.4, -0.2) is 40.9 Å². The first-order chi connectivity index (χ1) is 9.93. The number of carboxylic acids is 1. The fraction of sp³-hybridized carbons (Fsp3) is 0.400. The summed E-state index contributed by atoms with van der Waals surface area (Å²) in [7, 11) is 0. The summed E-state index contributed by atoms with van der Waals surface area (Å²) in [5.74, 6) is -1.60. The van der Waals surface area contributed by atoms with Gasteiger partial charge < -0.3 is 15.3 Å². The van der Waals surface area contributed by atoms with Crippen LogP contribution in [0.25, 0.3) is 0 Å². The van der Waals surface area contributed by atoms with Gasteiger partial charge in [0, 0.05) is 13.5 Å². The minimum Gasteiger partial charge on any atom is -0.480 e. The summed E-state index contributed by atoms with van der Waals surface area (Å²) >= 11 is 0. The number of carbonyl (C=O) groups is 3. The van der Waals surface area contributed by atoms with Gasteiger partial charge in [-0.3, -0.25) is 14.4 Å². The molecular formula is C15H20N2O4. The van der Waals surface area contributed by atoms with Crippen molar-refractivity contribution in [2.75, 3.05) is 13.1 Å². The molecule has 2 amide bonds. The van der Waals surface area contributed by atoms with Crippen LogP contribution in [0.5, 0.6) is 0 Å². The molecule has 0 aliphatic heterocycles. The minimum absolute atomic E-state index is 0.0325. The maximum Gasteiger partial charge on any atom is 0.323 e. The molecule has 1 rings (SSSR count). The summed E-state index contributed by atoms with van der Waals surface area (Å²) in [6, 6.07) is 8.67. The summed E-state index contributed by atoms with van der Waals surface area (Å²) in [6.45, 7) is 3.08. The second-order valence-corrected chi connectivity index (χ2v) is 4.67. The topological polar surface area (TPSA) is 86.7 Å². The van der Waals surface area contributed by atoms with Crippen LogP contribution in [0.1, 0.15) is 31.9 Å². The van der Waals surface area contributed by atoms with E-state index in [1.54, 1.807) is 6.92 Å². The molecule has 0 aliphatic carbocycles. The number of likely N-dealkylation sites (N-methyl/N-ethyl adjacent to an activating group) is 1. The third-order valence-electron chi connectivity index (χ3n) is 3.02. The SMILES string of the molecule is CCN(CC(=O)O)C(=O)CC(NC(C)=O)c1ccccc1. The number of hydrogen-bond acceptors (Lipinski definition) is 3. The molecule has 1 atom stereocenters. The van der Waals surface area contributed by atoms with Crippen molar-refractivity contribution in [1.29, 1.82) is 0 Å². The third kappa shape index (κ3) is 5.64. The predicted octanol–water partition coefficient (Wildman–Crippen LogP) is 1.19. The Morgan fingerprint density at radius 2 is 1.86 bits per heavy atom. The second kappa shape index (κ2) is 8.04. The van der Waals surface area contributed by atoms with E-state index in [0.29, 0.717) is 6.54 Å². The highest BCUT2D eigenvalue weighted by atomic mass is 16.4. The molecule has 6 nitrogen and oxygen atoms in total. The van der Waals surface area contributed by atoms with E-state index in [2.05, 4.69) is 5.32 Å². The number of carboxylic acid groups (broad SMARTS) is 1. The summed E-state index contributed by atoms with van der Waals surface area (Å²) in [5, 5.41) is 11.5. The highest BCUT2D eigenvalue weighted by Crippen LogP contribution is 2.17. The maximum absolute atomic E-state index is 12.2. The van der Waals surface area contributed by atoms with E-state index >= 15 is 0 Å². The van der Waals surface area contributed by atoms with Crippen molar-refractivity contribution in [3.8, 4) is 0 Å². The first-order valence-electron chi connectivity index (χ1n) is 6.75. The van der Waals surface area contributed by atoms with E-state index in [0.717, 1.165) is 5.56 Å². The minimum atomic E-state index is -1.05. The van der Waals surface area contributed by atoms with Gasteiger partial charge in [-0.05, 0) is 12.5 Å². The van der Waals surface area contributed by atoms with Crippen LogP contribution < -0.4 is 5.32 Å². The summed E-state index contributed by atoms with van der Waals surface area (Å²) in [5.41, 5.74) is 0.812. The van der Waals surface area contributed by atoms with Gasteiger partial charge in [-0.1, -0.05) is 30.3 Å². The number of hydrogen-bond donors (Lipinski definition) is 2. The Bertz CT molecular complexity index is 502. The van der Waals surface area contributed by atoms with Gasteiger partial charge in [-0.2, -0.15) is 0 Å². The third-order valence-corrected chi connectivity index (χ3v) is 3.02. The molecule has 2 N–H and O–H groups in total. The fourth-order valence-electron chi connectivity index (χ4n) is 2.03. The molecule has 0 heterocycles. The van der Waals surface area contributed by atoms with Gasteiger partial charge in [0.15, 0.2) is 0 Å². The lowest BCUT2D eigenvalue weighted by molar-refractivity contribution is -0.144. The largest absolute Gasteiger partial charge is 0.480 e. The number of rotatable bonds is 7. The number of nitrogens with one attached hydrogen (secondary N) is 1. The summed E-state index contributed by atoms with van der Waals surface area (Å²) in [6.07, 6.45) is 0.0325. The zero-order chi connectivity index (χ0) is 15.8. The van der Waals surface area contributed by atoms with Crippen LogP contribution in [0.2, 0.25) is 0 Å². The first-order valence-corrected chi connectivity index (χ1v) is 6.75. The number of aliphatic carboxylic acids is 1. The lowest BCUT2D eigenvalue weighted by Crippen LogP contribution is -2.38. The van der Waals surface area contributed by atoms with Crippen LogP contribution >= 0.6 is 0 Å². The molecule has 0 bridgehead atoms. The van der Waals surface area contributed by atoms with Gasteiger partial charge in [0.2, 0.25) is 11.8 Å². The van der Waals surface area contributed by atoms with E-state index in [1.165, 1.54) is 11.8 Å². The van der Waals surface area contributed by atoms with Crippen molar-refractivity contribution in [1.82, 2.24) is 10.2 Å². The maximum atomic E-state index is 12.2. The molecule has 0 spiro atoms. The number of benzene rings is 1. The van der Waals surface area contributed by atoms with Crippen molar-refractivity contribution in [2.45, 2.75) is 26.3 Å². The van der Waals surface area contributed by atoms with Crippen LogP contribution in [0.15, 0.2) is 30.3 Å². The molecule has 1 unspecified atom stereocenters. The number of nitrogens with zero attached hydrogens (tertiary/aromatic N) is 1. The molecule has 0 aliphatic rings. The van der Waals surface area contributed by atoms with Crippen molar-refractivity contribution in [3.63, 3.8) is 0 Å². The Labute approximate surface area is 123 Å². The first kappa shape index (κ1) is 16.7. The second-order valence-electron chi connectivity index (χ2n) is 4.67. The monoisotopic (exact) mass is 292 g/mol. The Kier molecular flexibility index (Phi) is 6.39. The molecule has 1 aromatic rings. The highest BCUT2D eigenvalue weighted by molar-refractivity contribution is 5.82. The standard InChI is InChI=1S/C15H20N2O4/c1-3-17(10-15(20)21)14(19)9-13(16-11(2)18)12-7-5-4-6-8-12/h4-8,13H,3,9-10H2,1-2H3,(H,16,18)(H,20,21). The Morgan fingerprint density at radius 3 is 2.33 bits per heavy atom. The van der Waals surface area contributed by atoms with Gasteiger partial charge in [-0.25, -0.2) is 0 Å². The van der Waals surface area contributed by atoms with Crippen molar-refractivity contribution in [2.24, 2.45) is 0 Å². The average molecular weight is 292 g/mol. The quantitative estimate of drug-likeness (QED) is 0.790. The van der Waals surface area contributed by atoms with Crippen molar-refractivity contribution in [3.05, 3.63) is 35.9 Å². The van der Waals surface area contributed by atoms with E-state index in [4.69, 9.17) is 5.11 Å². The van der Waals surface area contributed by atoms with Gasteiger partial charge in [-0.15, -0.1) is 0 Å². The lowest BCUT2D eigenvalue weighted by Gasteiger charge is -2.23. The molecule has 0 radical (unpaired) electrons. The summed E-state index contributed by atoms with van der Waals surface area (Å²) < 4.78 is 0. The van der Waals surface area contributed by atoms with Crippen LogP contribution in [0, 0.1) is 0 Å². The smallest absolute Gasteiger partial charge is 0.323 e. The predicted molar refractivity (Wildman–Crippen MR) is 77.5 cm³/mol. The molecule has 114 valence electrons. The van der Waals surface area contributed by atoms with Crippen LogP contribution in [0.3, 0.4) is 0 Å². The van der Waals surface area contributed by atoms with E-state index in [1.807, 2.05) is 30.3 Å². The van der Waals surface area contributed by atoms with Crippen LogP contribution in [0.4, 0.5) is 0 Å². The van der Waals surface area contributed by atoms with E-state index in [9.17, 15) is 14.4 Å². The van der Waals surface area contributed by atoms with Gasteiger partial charge in [0.05, 0.1) is 12.5 Å². The zero-order valence-electron chi connectivity index (χ0n) is 12.2. The van der Waals surface area contributed by atoms with Crippen LogP contribution in [-0.2, 0) is 14.4 Å². The zero-order valence-corrected chi connectivity index (χ0v) is 12.2. The molecule has 0 aromatic heterocycles. The number of carbonyl (C=O) groups excluding carboxylic acids is 2. The molecular weight excluding hydrogens is 272 g/mol. The molecule has 0 saturated carbocycles. The Hall–Kier alpha value is -2.37. The molecule has 1 aromatic carbocycles. The van der Waals surface area contributed by atoms with Gasteiger partial charge >= 0.3 is 5.97 Å². The molecule has 0 fully saturated rings. The van der Waals surface area contributed by atoms with Gasteiger partial charge in [0.25, 0.3) is 0 Å². The molecule has 21 heavy (non-hydrogen) atoms. The van der Waals surface area contributed by atoms with Crippen molar-refractivity contribution < 1.29 is 19.5 Å². The lowest BCUT2D eigenvalue weighted by atomic mass is 10.0. The van der Waals surface area contributed by atoms with Gasteiger partial charge in [0.1, 0.15) is 6.54 Å². The average Bonchev–Trinajstić information content (AvgIpc) is 2.44.